The van der Waals surface area contributed by atoms with E-state index in [0.29, 0.717) is 19.4 Å². The highest BCUT2D eigenvalue weighted by Gasteiger charge is 2.30. The van der Waals surface area contributed by atoms with Gasteiger partial charge in [0.1, 0.15) is 11.6 Å². The van der Waals surface area contributed by atoms with Crippen molar-refractivity contribution < 1.29 is 14.6 Å². The summed E-state index contributed by atoms with van der Waals surface area (Å²) >= 11 is 0. The van der Waals surface area contributed by atoms with Crippen molar-refractivity contribution in [1.82, 2.24) is 9.88 Å². The number of benzene rings is 1. The Morgan fingerprint density at radius 1 is 1.06 bits per heavy atom. The third-order valence-corrected chi connectivity index (χ3v) is 6.68. The maximum atomic E-state index is 13.3. The molecule has 172 valence electrons. The Labute approximate surface area is 190 Å². The first kappa shape index (κ1) is 22.6. The molecular weight excluding hydrogens is 404 g/mol. The lowest BCUT2D eigenvalue weighted by Crippen LogP contribution is -2.50. The number of carbonyl (C=O) groups excluding carboxylic acids is 1. The molecule has 4 rings (SSSR count). The Balaban J connectivity index is 1.36. The van der Waals surface area contributed by atoms with Gasteiger partial charge in [-0.2, -0.15) is 0 Å². The zero-order chi connectivity index (χ0) is 22.3. The number of piperazine rings is 1. The van der Waals surface area contributed by atoms with Gasteiger partial charge in [-0.3, -0.25) is 14.6 Å². The average molecular weight is 439 g/mol. The van der Waals surface area contributed by atoms with Crippen molar-refractivity contribution in [2.24, 2.45) is 5.92 Å². The Morgan fingerprint density at radius 3 is 2.47 bits per heavy atom. The summed E-state index contributed by atoms with van der Waals surface area (Å²) in [5.74, 6) is 1.74. The predicted molar refractivity (Wildman–Crippen MR) is 126 cm³/mol. The molecule has 1 saturated heterocycles. The van der Waals surface area contributed by atoms with E-state index in [2.05, 4.69) is 20.9 Å². The molecule has 1 N–H and O–H groups in total. The largest absolute Gasteiger partial charge is 0.495 e. The van der Waals surface area contributed by atoms with Gasteiger partial charge in [0.15, 0.2) is 0 Å². The number of hydrogen-bond donors (Lipinski definition) is 1. The summed E-state index contributed by atoms with van der Waals surface area (Å²) in [5, 5.41) is 9.82. The van der Waals surface area contributed by atoms with E-state index in [-0.39, 0.29) is 17.9 Å². The molecule has 0 atom stereocenters. The first-order valence-electron chi connectivity index (χ1n) is 11.7. The molecule has 2 aromatic rings. The minimum atomic E-state index is -0.262. The van der Waals surface area contributed by atoms with Gasteiger partial charge < -0.3 is 14.7 Å². The fourth-order valence-electron chi connectivity index (χ4n) is 4.74. The number of anilines is 2. The maximum Gasteiger partial charge on any atom is 0.231 e. The predicted octanol–water partition coefficient (Wildman–Crippen LogP) is 2.80. The highest BCUT2D eigenvalue weighted by molar-refractivity contribution is 5.94. The van der Waals surface area contributed by atoms with Crippen LogP contribution in [0.25, 0.3) is 0 Å². The number of ether oxygens (including phenoxy) is 1. The molecule has 0 spiro atoms. The van der Waals surface area contributed by atoms with Crippen LogP contribution in [-0.4, -0.2) is 73.4 Å². The number of aromatic nitrogens is 1. The lowest BCUT2D eigenvalue weighted by atomic mass is 9.86. The molecule has 1 amide bonds. The summed E-state index contributed by atoms with van der Waals surface area (Å²) in [6, 6.07) is 13.9. The molecule has 1 aromatic heterocycles. The third kappa shape index (κ3) is 5.40. The number of rotatable bonds is 7. The number of methoxy groups -OCH3 is 1. The number of aliphatic hydroxyl groups excluding tert-OH is 1. The molecule has 2 fully saturated rings. The van der Waals surface area contributed by atoms with Crippen LogP contribution in [0, 0.1) is 5.92 Å². The molecule has 1 aliphatic carbocycles. The molecule has 7 nitrogen and oxygen atoms in total. The van der Waals surface area contributed by atoms with Crippen LogP contribution in [0.2, 0.25) is 0 Å². The summed E-state index contributed by atoms with van der Waals surface area (Å²) in [6.45, 7) is 5.19. The zero-order valence-electron chi connectivity index (χ0n) is 18.9. The molecule has 1 saturated carbocycles. The van der Waals surface area contributed by atoms with Crippen LogP contribution in [0.3, 0.4) is 0 Å². The van der Waals surface area contributed by atoms with Gasteiger partial charge in [0.25, 0.3) is 0 Å². The Hall–Kier alpha value is -2.64. The van der Waals surface area contributed by atoms with Crippen LogP contribution in [0.1, 0.15) is 25.7 Å². The molecule has 7 heteroatoms. The van der Waals surface area contributed by atoms with E-state index in [1.807, 2.05) is 41.3 Å². The molecule has 2 aliphatic rings. The zero-order valence-corrected chi connectivity index (χ0v) is 18.9. The van der Waals surface area contributed by atoms with Crippen molar-refractivity contribution in [1.29, 1.82) is 0 Å². The number of carbonyl (C=O) groups is 1. The summed E-state index contributed by atoms with van der Waals surface area (Å²) in [7, 11) is 1.71. The number of pyridine rings is 1. The van der Waals surface area contributed by atoms with Crippen molar-refractivity contribution in [2.45, 2.75) is 31.8 Å². The average Bonchev–Trinajstić information content (AvgIpc) is 2.85. The van der Waals surface area contributed by atoms with Crippen LogP contribution in [0.15, 0.2) is 48.7 Å². The summed E-state index contributed by atoms with van der Waals surface area (Å²) < 4.78 is 5.52. The minimum absolute atomic E-state index is 0.0252. The quantitative estimate of drug-likeness (QED) is 0.717. The molecule has 0 bridgehead atoms. The fraction of sp³-hybridized carbons (Fsp3) is 0.520. The molecule has 1 aromatic carbocycles. The van der Waals surface area contributed by atoms with Gasteiger partial charge in [-0.25, -0.2) is 4.98 Å². The van der Waals surface area contributed by atoms with Gasteiger partial charge >= 0.3 is 0 Å². The van der Waals surface area contributed by atoms with E-state index in [9.17, 15) is 9.90 Å². The smallest absolute Gasteiger partial charge is 0.231 e. The van der Waals surface area contributed by atoms with Crippen molar-refractivity contribution in [3.8, 4) is 5.75 Å². The van der Waals surface area contributed by atoms with Crippen molar-refractivity contribution in [3.63, 3.8) is 0 Å². The van der Waals surface area contributed by atoms with Gasteiger partial charge in [0, 0.05) is 51.4 Å². The number of hydrogen-bond acceptors (Lipinski definition) is 6. The third-order valence-electron chi connectivity index (χ3n) is 6.68. The van der Waals surface area contributed by atoms with E-state index in [1.165, 1.54) is 0 Å². The highest BCUT2D eigenvalue weighted by Crippen LogP contribution is 2.29. The normalized spacial score (nSPS) is 21.9. The van der Waals surface area contributed by atoms with Crippen LogP contribution in [0.5, 0.6) is 5.75 Å². The second-order valence-electron chi connectivity index (χ2n) is 8.68. The molecule has 32 heavy (non-hydrogen) atoms. The molecule has 1 aliphatic heterocycles. The van der Waals surface area contributed by atoms with Gasteiger partial charge in [-0.05, 0) is 49.9 Å². The van der Waals surface area contributed by atoms with Gasteiger partial charge in [-0.1, -0.05) is 18.2 Å². The number of amides is 1. The van der Waals surface area contributed by atoms with Crippen molar-refractivity contribution in [2.75, 3.05) is 56.2 Å². The topological polar surface area (TPSA) is 69.1 Å². The Bertz CT molecular complexity index is 863. The van der Waals surface area contributed by atoms with Crippen LogP contribution in [0.4, 0.5) is 11.5 Å². The maximum absolute atomic E-state index is 13.3. The second kappa shape index (κ2) is 10.8. The van der Waals surface area contributed by atoms with Crippen LogP contribution < -0.4 is 14.5 Å². The standard InChI is InChI=1S/C25H34N4O3/c1-32-23-7-3-2-6-22(23)28-17-14-27(15-18-28)16-19-29(24-8-4-5-13-26-24)25(31)20-9-11-21(30)12-10-20/h2-8,13,20-21,30H,9-12,14-19H2,1H3. The number of nitrogens with zero attached hydrogens (tertiary/aromatic N) is 4. The van der Waals surface area contributed by atoms with Crippen molar-refractivity contribution >= 4 is 17.4 Å². The minimum Gasteiger partial charge on any atom is -0.495 e. The number of aliphatic hydroxyl groups is 1. The molecule has 0 radical (unpaired) electrons. The molecular formula is C25H34N4O3. The van der Waals surface area contributed by atoms with Crippen molar-refractivity contribution in [3.05, 3.63) is 48.7 Å². The highest BCUT2D eigenvalue weighted by atomic mass is 16.5. The lowest BCUT2D eigenvalue weighted by Gasteiger charge is -2.38. The Morgan fingerprint density at radius 2 is 1.78 bits per heavy atom. The van der Waals surface area contributed by atoms with Gasteiger partial charge in [0.2, 0.25) is 5.91 Å². The van der Waals surface area contributed by atoms with E-state index >= 15 is 0 Å². The van der Waals surface area contributed by atoms with Crippen LogP contribution >= 0.6 is 0 Å². The summed E-state index contributed by atoms with van der Waals surface area (Å²) in [5.41, 5.74) is 1.14. The van der Waals surface area contributed by atoms with Gasteiger partial charge in [-0.15, -0.1) is 0 Å². The summed E-state index contributed by atoms with van der Waals surface area (Å²) in [4.78, 5) is 24.4. The summed E-state index contributed by atoms with van der Waals surface area (Å²) in [6.07, 6.45) is 4.39. The van der Waals surface area contributed by atoms with E-state index in [4.69, 9.17) is 4.74 Å². The van der Waals surface area contributed by atoms with E-state index in [0.717, 1.165) is 62.8 Å². The monoisotopic (exact) mass is 438 g/mol. The lowest BCUT2D eigenvalue weighted by molar-refractivity contribution is -0.124. The Kier molecular flexibility index (Phi) is 7.60. The fourth-order valence-corrected chi connectivity index (χ4v) is 4.74. The van der Waals surface area contributed by atoms with Gasteiger partial charge in [0.05, 0.1) is 18.9 Å². The number of para-hydroxylation sites is 2. The first-order valence-corrected chi connectivity index (χ1v) is 11.7. The molecule has 2 heterocycles. The van der Waals surface area contributed by atoms with E-state index in [1.54, 1.807) is 13.3 Å². The SMILES string of the molecule is COc1ccccc1N1CCN(CCN(C(=O)C2CCC(O)CC2)c2ccccn2)CC1. The van der Waals surface area contributed by atoms with E-state index < -0.39 is 0 Å². The second-order valence-corrected chi connectivity index (χ2v) is 8.68. The van der Waals surface area contributed by atoms with Crippen LogP contribution in [-0.2, 0) is 4.79 Å². The first-order chi connectivity index (χ1) is 15.7. The molecule has 0 unspecified atom stereocenters.